The number of ketones is 1. The Morgan fingerprint density at radius 3 is 2.38 bits per heavy atom. The van der Waals surface area contributed by atoms with Crippen molar-refractivity contribution in [3.05, 3.63) is 35.4 Å². The molecule has 0 spiro atoms. The van der Waals surface area contributed by atoms with Crippen LogP contribution in [-0.2, 0) is 17.9 Å². The molecule has 86 valence electrons. The Kier molecular flexibility index (Phi) is 3.39. The number of nitrogens with zero attached hydrogens (tertiary/aromatic N) is 1. The van der Waals surface area contributed by atoms with E-state index in [-0.39, 0.29) is 5.92 Å². The molecule has 0 fully saturated rings. The molecule has 0 aliphatic carbocycles. The first-order chi connectivity index (χ1) is 7.70. The van der Waals surface area contributed by atoms with Crippen LogP contribution in [0.15, 0.2) is 24.3 Å². The Morgan fingerprint density at radius 1 is 1.31 bits per heavy atom. The molecule has 1 aliphatic rings. The van der Waals surface area contributed by atoms with Crippen molar-refractivity contribution in [3.63, 3.8) is 0 Å². The lowest BCUT2D eigenvalue weighted by molar-refractivity contribution is -0.123. The maximum Gasteiger partial charge on any atom is 0.149 e. The Hall–Kier alpha value is -1.15. The maximum absolute atomic E-state index is 11.8. The zero-order valence-corrected chi connectivity index (χ0v) is 10.1. The van der Waals surface area contributed by atoms with Crippen molar-refractivity contribution in [1.82, 2.24) is 4.90 Å². The number of fused-ring (bicyclic) bond motifs is 1. The summed E-state index contributed by atoms with van der Waals surface area (Å²) < 4.78 is 0. The van der Waals surface area contributed by atoms with Gasteiger partial charge < -0.3 is 0 Å². The van der Waals surface area contributed by atoms with Gasteiger partial charge in [-0.05, 0) is 17.5 Å². The van der Waals surface area contributed by atoms with Crippen molar-refractivity contribution >= 4 is 5.78 Å². The summed E-state index contributed by atoms with van der Waals surface area (Å²) in [5.74, 6) is 0.569. The monoisotopic (exact) mass is 217 g/mol. The molecule has 16 heavy (non-hydrogen) atoms. The minimum atomic E-state index is 0.198. The summed E-state index contributed by atoms with van der Waals surface area (Å²) in [5, 5.41) is 0. The molecule has 2 rings (SSSR count). The van der Waals surface area contributed by atoms with Gasteiger partial charge >= 0.3 is 0 Å². The van der Waals surface area contributed by atoms with E-state index in [0.29, 0.717) is 12.3 Å². The fourth-order valence-corrected chi connectivity index (χ4v) is 2.12. The predicted molar refractivity (Wildman–Crippen MR) is 65.0 cm³/mol. The molecule has 0 N–H and O–H groups in total. The van der Waals surface area contributed by atoms with E-state index < -0.39 is 0 Å². The smallest absolute Gasteiger partial charge is 0.149 e. The Bertz CT molecular complexity index is 361. The third kappa shape index (κ3) is 2.33. The summed E-state index contributed by atoms with van der Waals surface area (Å²) in [6.45, 7) is 6.55. The highest BCUT2D eigenvalue weighted by molar-refractivity contribution is 5.82. The number of carbonyl (C=O) groups is 1. The van der Waals surface area contributed by atoms with Crippen LogP contribution < -0.4 is 0 Å². The van der Waals surface area contributed by atoms with Crippen molar-refractivity contribution < 1.29 is 4.79 Å². The van der Waals surface area contributed by atoms with Crippen molar-refractivity contribution in [2.75, 3.05) is 6.54 Å². The minimum Gasteiger partial charge on any atom is -0.298 e. The highest BCUT2D eigenvalue weighted by atomic mass is 16.1. The van der Waals surface area contributed by atoms with Gasteiger partial charge in [-0.1, -0.05) is 38.1 Å². The van der Waals surface area contributed by atoms with Gasteiger partial charge in [-0.2, -0.15) is 0 Å². The molecule has 2 heteroatoms. The van der Waals surface area contributed by atoms with Gasteiger partial charge in [0, 0.05) is 19.0 Å². The van der Waals surface area contributed by atoms with Crippen molar-refractivity contribution in [1.29, 1.82) is 0 Å². The first-order valence-corrected chi connectivity index (χ1v) is 6.02. The van der Waals surface area contributed by atoms with Gasteiger partial charge in [0.1, 0.15) is 5.78 Å². The van der Waals surface area contributed by atoms with Crippen molar-refractivity contribution in [3.8, 4) is 0 Å². The molecule has 1 unspecified atom stereocenters. The summed E-state index contributed by atoms with van der Waals surface area (Å²) in [4.78, 5) is 14.1. The molecule has 0 bridgehead atoms. The van der Waals surface area contributed by atoms with Crippen LogP contribution in [0.25, 0.3) is 0 Å². The van der Waals surface area contributed by atoms with E-state index in [9.17, 15) is 4.79 Å². The summed E-state index contributed by atoms with van der Waals surface area (Å²) in [6.07, 6.45) is 0.944. The van der Waals surface area contributed by atoms with E-state index >= 15 is 0 Å². The molecule has 0 aromatic heterocycles. The Morgan fingerprint density at radius 2 is 1.88 bits per heavy atom. The topological polar surface area (TPSA) is 20.3 Å². The molecule has 2 nitrogen and oxygen atoms in total. The fraction of sp³-hybridized carbons (Fsp3) is 0.500. The molecular formula is C14H19NO. The molecule has 0 radical (unpaired) electrons. The van der Waals surface area contributed by atoms with Crippen molar-refractivity contribution in [2.24, 2.45) is 5.92 Å². The number of hydrogen-bond acceptors (Lipinski definition) is 2. The summed E-state index contributed by atoms with van der Waals surface area (Å²) >= 11 is 0. The molecule has 1 heterocycles. The lowest BCUT2D eigenvalue weighted by Gasteiger charge is -2.16. The molecule has 1 atom stereocenters. The molecule has 1 aliphatic heterocycles. The number of carbonyl (C=O) groups excluding carboxylic acids is 1. The summed E-state index contributed by atoms with van der Waals surface area (Å²) in [7, 11) is 0. The largest absolute Gasteiger partial charge is 0.298 e. The standard InChI is InChI=1S/C14H19NO/c1-3-11(2)14(16)10-15-8-12-6-4-5-7-13(12)9-15/h4-7,11H,3,8-10H2,1-2H3. The zero-order valence-electron chi connectivity index (χ0n) is 10.1. The van der Waals surface area contributed by atoms with Gasteiger partial charge in [0.25, 0.3) is 0 Å². The first-order valence-electron chi connectivity index (χ1n) is 6.02. The van der Waals surface area contributed by atoms with E-state index in [1.54, 1.807) is 0 Å². The number of benzene rings is 1. The van der Waals surface area contributed by atoms with Crippen LogP contribution in [0.5, 0.6) is 0 Å². The number of rotatable bonds is 4. The molecular weight excluding hydrogens is 198 g/mol. The third-order valence-electron chi connectivity index (χ3n) is 3.45. The second-order valence-corrected chi connectivity index (χ2v) is 4.69. The van der Waals surface area contributed by atoms with Gasteiger partial charge in [0.2, 0.25) is 0 Å². The predicted octanol–water partition coefficient (Wildman–Crippen LogP) is 2.62. The second-order valence-electron chi connectivity index (χ2n) is 4.69. The van der Waals surface area contributed by atoms with E-state index in [0.717, 1.165) is 19.5 Å². The highest BCUT2D eigenvalue weighted by Gasteiger charge is 2.21. The number of Topliss-reactive ketones (excluding diaryl/α,β-unsaturated/α-hetero) is 1. The molecule has 0 amide bonds. The van der Waals surface area contributed by atoms with E-state index in [1.165, 1.54) is 11.1 Å². The lowest BCUT2D eigenvalue weighted by Crippen LogP contribution is -2.28. The molecule has 0 saturated heterocycles. The summed E-state index contributed by atoms with van der Waals surface area (Å²) in [5.41, 5.74) is 2.75. The average Bonchev–Trinajstić information content (AvgIpc) is 2.69. The van der Waals surface area contributed by atoms with Gasteiger partial charge in [0.15, 0.2) is 0 Å². The van der Waals surface area contributed by atoms with Crippen LogP contribution in [0, 0.1) is 5.92 Å². The zero-order chi connectivity index (χ0) is 11.5. The first kappa shape index (κ1) is 11.3. The SMILES string of the molecule is CCC(C)C(=O)CN1Cc2ccccc2C1. The minimum absolute atomic E-state index is 0.198. The quantitative estimate of drug-likeness (QED) is 0.772. The third-order valence-corrected chi connectivity index (χ3v) is 3.45. The normalized spacial score (nSPS) is 17.1. The van der Waals surface area contributed by atoms with Crippen LogP contribution in [0.2, 0.25) is 0 Å². The Balaban J connectivity index is 1.95. The van der Waals surface area contributed by atoms with Gasteiger partial charge in [-0.15, -0.1) is 0 Å². The fourth-order valence-electron chi connectivity index (χ4n) is 2.12. The van der Waals surface area contributed by atoms with Gasteiger partial charge in [-0.3, -0.25) is 9.69 Å². The maximum atomic E-state index is 11.8. The van der Waals surface area contributed by atoms with Crippen LogP contribution in [0.3, 0.4) is 0 Å². The van der Waals surface area contributed by atoms with Crippen LogP contribution in [0.4, 0.5) is 0 Å². The van der Waals surface area contributed by atoms with Crippen LogP contribution in [-0.4, -0.2) is 17.2 Å². The summed E-state index contributed by atoms with van der Waals surface area (Å²) in [6, 6.07) is 8.45. The number of hydrogen-bond donors (Lipinski definition) is 0. The molecule has 0 saturated carbocycles. The lowest BCUT2D eigenvalue weighted by atomic mass is 10.0. The van der Waals surface area contributed by atoms with Crippen LogP contribution >= 0.6 is 0 Å². The molecule has 1 aromatic rings. The van der Waals surface area contributed by atoms with E-state index in [2.05, 4.69) is 36.1 Å². The van der Waals surface area contributed by atoms with Gasteiger partial charge in [0.05, 0.1) is 6.54 Å². The van der Waals surface area contributed by atoms with Crippen molar-refractivity contribution in [2.45, 2.75) is 33.4 Å². The highest BCUT2D eigenvalue weighted by Crippen LogP contribution is 2.22. The van der Waals surface area contributed by atoms with Gasteiger partial charge in [-0.25, -0.2) is 0 Å². The van der Waals surface area contributed by atoms with Crippen LogP contribution in [0.1, 0.15) is 31.4 Å². The second kappa shape index (κ2) is 4.79. The average molecular weight is 217 g/mol. The van der Waals surface area contributed by atoms with E-state index in [4.69, 9.17) is 0 Å². The molecule has 1 aromatic carbocycles. The van der Waals surface area contributed by atoms with E-state index in [1.807, 2.05) is 6.92 Å². The Labute approximate surface area is 97.3 Å².